The number of nitrogens with two attached hydrogens (primary N) is 1. The van der Waals surface area contributed by atoms with Crippen LogP contribution in [0.25, 0.3) is 0 Å². The van der Waals surface area contributed by atoms with Crippen molar-refractivity contribution in [1.82, 2.24) is 4.98 Å². The van der Waals surface area contributed by atoms with E-state index in [0.717, 1.165) is 4.47 Å². The van der Waals surface area contributed by atoms with E-state index >= 15 is 0 Å². The molecular weight excluding hydrogens is 364 g/mol. The van der Waals surface area contributed by atoms with E-state index in [2.05, 4.69) is 47.1 Å². The zero-order valence-corrected chi connectivity index (χ0v) is 12.4. The first-order valence-corrected chi connectivity index (χ1v) is 6.68. The second-order valence-corrected chi connectivity index (χ2v) is 5.56. The van der Waals surface area contributed by atoms with Crippen molar-refractivity contribution in [3.8, 4) is 0 Å². The highest BCUT2D eigenvalue weighted by Crippen LogP contribution is 2.28. The van der Waals surface area contributed by atoms with Gasteiger partial charge in [0.2, 0.25) is 5.72 Å². The van der Waals surface area contributed by atoms with Crippen molar-refractivity contribution in [3.05, 3.63) is 45.1 Å². The van der Waals surface area contributed by atoms with Crippen LogP contribution in [0.4, 0.5) is 5.82 Å². The lowest BCUT2D eigenvalue weighted by atomic mass is 10.0. The molecule has 1 heterocycles. The van der Waals surface area contributed by atoms with Gasteiger partial charge in [0.05, 0.1) is 4.47 Å². The van der Waals surface area contributed by atoms with Gasteiger partial charge in [-0.3, -0.25) is 0 Å². The van der Waals surface area contributed by atoms with Gasteiger partial charge in [0, 0.05) is 22.8 Å². The van der Waals surface area contributed by atoms with E-state index in [9.17, 15) is 5.11 Å². The third kappa shape index (κ3) is 3.24. The molecule has 0 spiro atoms. The predicted molar refractivity (Wildman–Crippen MR) is 75.1 cm³/mol. The van der Waals surface area contributed by atoms with Crippen LogP contribution in [0.1, 0.15) is 6.42 Å². The van der Waals surface area contributed by atoms with Gasteiger partial charge in [-0.2, -0.15) is 0 Å². The monoisotopic (exact) mass is 372 g/mol. The van der Waals surface area contributed by atoms with Crippen molar-refractivity contribution in [2.45, 2.75) is 12.1 Å². The molecule has 0 amide bonds. The molecule has 1 atom stereocenters. The van der Waals surface area contributed by atoms with E-state index < -0.39 is 5.72 Å². The van der Waals surface area contributed by atoms with Gasteiger partial charge in [0.15, 0.2) is 5.82 Å². The van der Waals surface area contributed by atoms with Gasteiger partial charge < -0.3 is 10.8 Å². The summed E-state index contributed by atoms with van der Waals surface area (Å²) in [5.74, 6) is 0.396. The molecule has 0 bridgehead atoms. The van der Waals surface area contributed by atoms with E-state index in [4.69, 9.17) is 5.73 Å². The van der Waals surface area contributed by atoms with Crippen LogP contribution in [-0.2, 0) is 0 Å². The maximum Gasteiger partial charge on any atom is 0.201 e. The molecule has 0 saturated heterocycles. The quantitative estimate of drug-likeness (QED) is 0.780. The van der Waals surface area contributed by atoms with Gasteiger partial charge >= 0.3 is 0 Å². The zero-order valence-electron chi connectivity index (χ0n) is 9.22. The first-order valence-electron chi connectivity index (χ1n) is 5.10. The number of hydrogen-bond acceptors (Lipinski definition) is 5. The number of halogens is 2. The van der Waals surface area contributed by atoms with Crippen molar-refractivity contribution < 1.29 is 5.11 Å². The third-order valence-corrected chi connectivity index (χ3v) is 3.25. The molecule has 2 rings (SSSR count). The van der Waals surface area contributed by atoms with Crippen LogP contribution < -0.4 is 5.73 Å². The number of hydrogen-bond donors (Lipinski definition) is 2. The molecule has 0 fully saturated rings. The second kappa shape index (κ2) is 5.29. The van der Waals surface area contributed by atoms with Crippen LogP contribution in [0, 0.1) is 0 Å². The minimum atomic E-state index is -1.40. The third-order valence-electron chi connectivity index (χ3n) is 2.23. The van der Waals surface area contributed by atoms with Crippen LogP contribution in [0.5, 0.6) is 0 Å². The number of allylic oxidation sites excluding steroid dienone is 1. The summed E-state index contributed by atoms with van der Waals surface area (Å²) in [5.41, 5.74) is 4.68. The summed E-state index contributed by atoms with van der Waals surface area (Å²) in [7, 11) is 0. The predicted octanol–water partition coefficient (Wildman–Crippen LogP) is 3.18. The van der Waals surface area contributed by atoms with E-state index in [0.29, 0.717) is 22.4 Å². The molecule has 18 heavy (non-hydrogen) atoms. The first-order chi connectivity index (χ1) is 8.48. The Kier molecular flexibility index (Phi) is 3.94. The Morgan fingerprint density at radius 2 is 2.22 bits per heavy atom. The standard InChI is InChI=1S/C11H10Br2N4O/c12-7-4-9(13)10(15-6-7)16-17-11(18)3-1-2-8(14)5-11/h1-2,4-6,18H,3,14H2. The average Bonchev–Trinajstić information content (AvgIpc) is 2.27. The van der Waals surface area contributed by atoms with Crippen LogP contribution in [0.15, 0.2) is 55.4 Å². The van der Waals surface area contributed by atoms with E-state index in [-0.39, 0.29) is 0 Å². The Hall–Kier alpha value is -1.05. The van der Waals surface area contributed by atoms with Crippen molar-refractivity contribution in [3.63, 3.8) is 0 Å². The first kappa shape index (κ1) is 13.4. The van der Waals surface area contributed by atoms with Crippen molar-refractivity contribution in [2.24, 2.45) is 16.0 Å². The Bertz CT molecular complexity index is 556. The molecule has 1 aromatic rings. The molecule has 0 aliphatic heterocycles. The van der Waals surface area contributed by atoms with Gasteiger partial charge in [-0.25, -0.2) is 4.98 Å². The summed E-state index contributed by atoms with van der Waals surface area (Å²) in [6.07, 6.45) is 6.87. The van der Waals surface area contributed by atoms with Crippen LogP contribution in [0.2, 0.25) is 0 Å². The summed E-state index contributed by atoms with van der Waals surface area (Å²) < 4.78 is 1.52. The normalized spacial score (nSPS) is 23.4. The fraction of sp³-hybridized carbons (Fsp3) is 0.182. The van der Waals surface area contributed by atoms with Gasteiger partial charge in [-0.1, -0.05) is 6.08 Å². The van der Waals surface area contributed by atoms with Gasteiger partial charge in [-0.15, -0.1) is 10.2 Å². The fourth-order valence-electron chi connectivity index (χ4n) is 1.43. The average molecular weight is 374 g/mol. The maximum absolute atomic E-state index is 10.1. The Labute approximate surface area is 121 Å². The van der Waals surface area contributed by atoms with Crippen molar-refractivity contribution in [1.29, 1.82) is 0 Å². The topological polar surface area (TPSA) is 83.9 Å². The molecular formula is C11H10Br2N4O. The lowest BCUT2D eigenvalue weighted by molar-refractivity contribution is 0.0945. The molecule has 94 valence electrons. The van der Waals surface area contributed by atoms with Crippen LogP contribution >= 0.6 is 31.9 Å². The molecule has 1 unspecified atom stereocenters. The van der Waals surface area contributed by atoms with Gasteiger partial charge in [0.1, 0.15) is 0 Å². The number of nitrogens with zero attached hydrogens (tertiary/aromatic N) is 3. The van der Waals surface area contributed by atoms with Gasteiger partial charge in [-0.05, 0) is 50.1 Å². The summed E-state index contributed by atoms with van der Waals surface area (Å²) in [6.45, 7) is 0. The van der Waals surface area contributed by atoms with E-state index in [1.54, 1.807) is 24.4 Å². The Morgan fingerprint density at radius 3 is 2.89 bits per heavy atom. The fourth-order valence-corrected chi connectivity index (χ4v) is 2.49. The largest absolute Gasteiger partial charge is 0.399 e. The summed E-state index contributed by atoms with van der Waals surface area (Å²) in [6, 6.07) is 1.80. The highest BCUT2D eigenvalue weighted by atomic mass is 79.9. The molecule has 1 aliphatic rings. The van der Waals surface area contributed by atoms with Gasteiger partial charge in [0.25, 0.3) is 0 Å². The SMILES string of the molecule is NC1=CC(O)(N=Nc2ncc(Br)cc2Br)CC=C1. The van der Waals surface area contributed by atoms with E-state index in [1.165, 1.54) is 6.08 Å². The summed E-state index contributed by atoms with van der Waals surface area (Å²) in [5, 5.41) is 18.0. The number of rotatable bonds is 2. The smallest absolute Gasteiger partial charge is 0.201 e. The Balaban J connectivity index is 2.23. The van der Waals surface area contributed by atoms with E-state index in [1.807, 2.05) is 0 Å². The Morgan fingerprint density at radius 1 is 1.44 bits per heavy atom. The molecule has 0 aromatic carbocycles. The maximum atomic E-state index is 10.1. The highest BCUT2D eigenvalue weighted by Gasteiger charge is 2.24. The zero-order chi connectivity index (χ0) is 13.2. The van der Waals surface area contributed by atoms with Crippen LogP contribution in [0.3, 0.4) is 0 Å². The molecule has 7 heteroatoms. The number of pyridine rings is 1. The molecule has 0 saturated carbocycles. The minimum absolute atomic E-state index is 0.339. The number of aliphatic hydroxyl groups is 1. The molecule has 3 N–H and O–H groups in total. The highest BCUT2D eigenvalue weighted by molar-refractivity contribution is 9.11. The lowest BCUT2D eigenvalue weighted by Gasteiger charge is -2.19. The summed E-state index contributed by atoms with van der Waals surface area (Å²) >= 11 is 6.61. The minimum Gasteiger partial charge on any atom is -0.399 e. The number of azo groups is 1. The number of aromatic nitrogens is 1. The molecule has 1 aliphatic carbocycles. The lowest BCUT2D eigenvalue weighted by Crippen LogP contribution is -2.25. The molecule has 0 radical (unpaired) electrons. The molecule has 5 nitrogen and oxygen atoms in total. The van der Waals surface area contributed by atoms with Crippen LogP contribution in [-0.4, -0.2) is 15.8 Å². The van der Waals surface area contributed by atoms with Crippen molar-refractivity contribution >= 4 is 37.7 Å². The summed E-state index contributed by atoms with van der Waals surface area (Å²) in [4.78, 5) is 4.08. The second-order valence-electron chi connectivity index (χ2n) is 3.79. The molecule has 1 aromatic heterocycles. The van der Waals surface area contributed by atoms with Crippen molar-refractivity contribution in [2.75, 3.05) is 0 Å².